The molecule has 0 aliphatic heterocycles. The molecule has 1 aromatic carbocycles. The maximum Gasteiger partial charge on any atom is 0.242 e. The van der Waals surface area contributed by atoms with Crippen molar-refractivity contribution >= 4 is 38.3 Å². The van der Waals surface area contributed by atoms with Crippen LogP contribution >= 0.6 is 23.1 Å². The highest BCUT2D eigenvalue weighted by atomic mass is 32.2. The first-order valence-corrected chi connectivity index (χ1v) is 10.5. The summed E-state index contributed by atoms with van der Waals surface area (Å²) < 4.78 is 31.6. The molecule has 0 saturated carbocycles. The van der Waals surface area contributed by atoms with Gasteiger partial charge in [-0.3, -0.25) is 0 Å². The Morgan fingerprint density at radius 2 is 1.96 bits per heavy atom. The number of sulfonamides is 1. The van der Waals surface area contributed by atoms with Crippen LogP contribution in [0.3, 0.4) is 0 Å². The van der Waals surface area contributed by atoms with Crippen LogP contribution in [0, 0.1) is 0 Å². The molecule has 0 radical (unpaired) electrons. The van der Waals surface area contributed by atoms with Crippen molar-refractivity contribution in [2.24, 2.45) is 0 Å². The van der Waals surface area contributed by atoms with Crippen LogP contribution in [-0.2, 0) is 10.0 Å². The number of ether oxygens (including phenoxy) is 1. The Hall–Kier alpha value is -1.36. The lowest BCUT2D eigenvalue weighted by molar-refractivity contribution is 0.343. The summed E-state index contributed by atoms with van der Waals surface area (Å²) in [6.07, 6.45) is 0. The van der Waals surface area contributed by atoms with Crippen LogP contribution in [0.2, 0.25) is 0 Å². The summed E-state index contributed by atoms with van der Waals surface area (Å²) in [5.74, 6) is 1.37. The van der Waals surface area contributed by atoms with Gasteiger partial charge in [0.2, 0.25) is 15.2 Å². The smallest absolute Gasteiger partial charge is 0.242 e. The van der Waals surface area contributed by atoms with Gasteiger partial charge in [-0.1, -0.05) is 23.1 Å². The fraction of sp³-hybridized carbons (Fsp3) is 0.429. The van der Waals surface area contributed by atoms with Crippen molar-refractivity contribution in [3.63, 3.8) is 0 Å². The second-order valence-electron chi connectivity index (χ2n) is 4.86. The van der Waals surface area contributed by atoms with Crippen molar-refractivity contribution in [3.8, 4) is 5.75 Å². The molecule has 0 atom stereocenters. The van der Waals surface area contributed by atoms with E-state index in [1.165, 1.54) is 29.7 Å². The van der Waals surface area contributed by atoms with E-state index in [1.54, 1.807) is 36.0 Å². The Kier molecular flexibility index (Phi) is 6.84. The van der Waals surface area contributed by atoms with E-state index >= 15 is 0 Å². The summed E-state index contributed by atoms with van der Waals surface area (Å²) in [5, 5.41) is 12.0. The lowest BCUT2D eigenvalue weighted by atomic mass is 10.3. The number of benzene rings is 1. The van der Waals surface area contributed by atoms with E-state index < -0.39 is 10.0 Å². The van der Waals surface area contributed by atoms with E-state index in [1.807, 2.05) is 6.92 Å². The maximum absolute atomic E-state index is 12.0. The van der Waals surface area contributed by atoms with Crippen molar-refractivity contribution in [3.05, 3.63) is 24.3 Å². The highest BCUT2D eigenvalue weighted by Crippen LogP contribution is 2.25. The fourth-order valence-electron chi connectivity index (χ4n) is 1.70. The Balaban J connectivity index is 1.80. The monoisotopic (exact) mass is 388 g/mol. The minimum atomic E-state index is -3.40. The van der Waals surface area contributed by atoms with Crippen molar-refractivity contribution in [1.82, 2.24) is 14.5 Å². The van der Waals surface area contributed by atoms with E-state index in [0.717, 1.165) is 21.8 Å². The summed E-state index contributed by atoms with van der Waals surface area (Å²) in [7, 11) is -0.392. The number of anilines is 1. The molecule has 1 N–H and O–H groups in total. The fourth-order valence-corrected chi connectivity index (χ4v) is 4.31. The molecule has 132 valence electrons. The van der Waals surface area contributed by atoms with E-state index in [9.17, 15) is 8.42 Å². The van der Waals surface area contributed by atoms with E-state index in [2.05, 4.69) is 15.5 Å². The number of aromatic nitrogens is 2. The van der Waals surface area contributed by atoms with Crippen LogP contribution in [0.1, 0.15) is 6.92 Å². The summed E-state index contributed by atoms with van der Waals surface area (Å²) in [6.45, 7) is 3.33. The molecule has 2 aromatic rings. The number of hydrogen-bond donors (Lipinski definition) is 1. The van der Waals surface area contributed by atoms with Crippen LogP contribution < -0.4 is 10.1 Å². The summed E-state index contributed by atoms with van der Waals surface area (Å²) >= 11 is 3.09. The zero-order valence-electron chi connectivity index (χ0n) is 13.7. The normalized spacial score (nSPS) is 11.7. The molecule has 0 aliphatic rings. The van der Waals surface area contributed by atoms with E-state index in [0.29, 0.717) is 12.4 Å². The van der Waals surface area contributed by atoms with E-state index in [-0.39, 0.29) is 4.90 Å². The van der Waals surface area contributed by atoms with Crippen LogP contribution in [0.4, 0.5) is 5.13 Å². The highest BCUT2D eigenvalue weighted by molar-refractivity contribution is 8.01. The SMILES string of the molecule is CCNc1nnc(SCCOc2ccc(S(=O)(=O)N(C)C)cc2)s1. The van der Waals surface area contributed by atoms with Gasteiger partial charge in [0.1, 0.15) is 5.75 Å². The third-order valence-electron chi connectivity index (χ3n) is 2.91. The van der Waals surface area contributed by atoms with Gasteiger partial charge in [-0.2, -0.15) is 0 Å². The first-order chi connectivity index (χ1) is 11.4. The minimum absolute atomic E-state index is 0.249. The van der Waals surface area contributed by atoms with Gasteiger partial charge in [0.05, 0.1) is 11.5 Å². The number of thioether (sulfide) groups is 1. The van der Waals surface area contributed by atoms with Gasteiger partial charge in [-0.25, -0.2) is 12.7 Å². The molecular weight excluding hydrogens is 368 g/mol. The second-order valence-corrected chi connectivity index (χ2v) is 9.33. The van der Waals surface area contributed by atoms with Crippen LogP contribution in [0.25, 0.3) is 0 Å². The Bertz CT molecular complexity index is 745. The van der Waals surface area contributed by atoms with Gasteiger partial charge in [0.25, 0.3) is 0 Å². The molecule has 10 heteroatoms. The lowest BCUT2D eigenvalue weighted by Crippen LogP contribution is -2.22. The molecule has 0 saturated heterocycles. The number of nitrogens with zero attached hydrogens (tertiary/aromatic N) is 3. The van der Waals surface area contributed by atoms with E-state index in [4.69, 9.17) is 4.74 Å². The third kappa shape index (κ3) is 5.07. The molecule has 0 aliphatic carbocycles. The van der Waals surface area contributed by atoms with Gasteiger partial charge in [-0.15, -0.1) is 10.2 Å². The minimum Gasteiger partial charge on any atom is -0.493 e. The van der Waals surface area contributed by atoms with Crippen LogP contribution in [-0.4, -0.2) is 55.9 Å². The predicted molar refractivity (Wildman–Crippen MR) is 97.6 cm³/mol. The predicted octanol–water partition coefficient (Wildman–Crippen LogP) is 2.39. The molecule has 2 rings (SSSR count). The number of rotatable bonds is 9. The molecule has 0 unspecified atom stereocenters. The Morgan fingerprint density at radius 1 is 1.25 bits per heavy atom. The molecule has 1 heterocycles. The number of hydrogen-bond acceptors (Lipinski definition) is 8. The van der Waals surface area contributed by atoms with Gasteiger partial charge in [-0.05, 0) is 31.2 Å². The molecule has 0 fully saturated rings. The molecular formula is C14H20N4O3S3. The quantitative estimate of drug-likeness (QED) is 0.521. The third-order valence-corrected chi connectivity index (χ3v) is 6.72. The zero-order valence-corrected chi connectivity index (χ0v) is 16.2. The average molecular weight is 389 g/mol. The summed E-state index contributed by atoms with van der Waals surface area (Å²) in [4.78, 5) is 0.249. The molecule has 1 aromatic heterocycles. The lowest BCUT2D eigenvalue weighted by Gasteiger charge is -2.12. The summed E-state index contributed by atoms with van der Waals surface area (Å²) in [6, 6.07) is 6.42. The van der Waals surface area contributed by atoms with Crippen molar-refractivity contribution < 1.29 is 13.2 Å². The van der Waals surface area contributed by atoms with Gasteiger partial charge >= 0.3 is 0 Å². The molecule has 0 spiro atoms. The Labute approximate surface area is 150 Å². The van der Waals surface area contributed by atoms with Crippen molar-refractivity contribution in [2.75, 3.05) is 38.3 Å². The van der Waals surface area contributed by atoms with Gasteiger partial charge < -0.3 is 10.1 Å². The standard InChI is InChI=1S/C14H20N4O3S3/c1-4-15-13-16-17-14(23-13)22-10-9-21-11-5-7-12(8-6-11)24(19,20)18(2)3/h5-8H,4,9-10H2,1-3H3,(H,15,16). The van der Waals surface area contributed by atoms with Crippen LogP contribution in [0.5, 0.6) is 5.75 Å². The second kappa shape index (κ2) is 8.65. The summed E-state index contributed by atoms with van der Waals surface area (Å²) in [5.41, 5.74) is 0. The zero-order chi connectivity index (χ0) is 17.6. The molecule has 0 amide bonds. The highest BCUT2D eigenvalue weighted by Gasteiger charge is 2.16. The number of nitrogens with one attached hydrogen (secondary N) is 1. The molecule has 0 bridgehead atoms. The average Bonchev–Trinajstić information content (AvgIpc) is 3.00. The van der Waals surface area contributed by atoms with Gasteiger partial charge in [0, 0.05) is 26.4 Å². The first kappa shape index (κ1) is 19.0. The molecule has 7 nitrogen and oxygen atoms in total. The van der Waals surface area contributed by atoms with Crippen LogP contribution in [0.15, 0.2) is 33.5 Å². The Morgan fingerprint density at radius 3 is 2.58 bits per heavy atom. The largest absolute Gasteiger partial charge is 0.493 e. The maximum atomic E-state index is 12.0. The first-order valence-electron chi connectivity index (χ1n) is 7.29. The van der Waals surface area contributed by atoms with Gasteiger partial charge in [0.15, 0.2) is 4.34 Å². The molecule has 24 heavy (non-hydrogen) atoms. The van der Waals surface area contributed by atoms with Crippen molar-refractivity contribution in [2.45, 2.75) is 16.2 Å². The van der Waals surface area contributed by atoms with Crippen molar-refractivity contribution in [1.29, 1.82) is 0 Å². The topological polar surface area (TPSA) is 84.4 Å².